The molecule has 0 bridgehead atoms. The third kappa shape index (κ3) is 7.13. The molecule has 4 amide bonds. The van der Waals surface area contributed by atoms with Gasteiger partial charge in [-0.3, -0.25) is 19.1 Å². The van der Waals surface area contributed by atoms with Crippen LogP contribution in [-0.2, 0) is 35.6 Å². The fourth-order valence-electron chi connectivity index (χ4n) is 9.37. The van der Waals surface area contributed by atoms with Gasteiger partial charge in [0, 0.05) is 29.4 Å². The molecular formula is C41H52FN5O8S. The average Bonchev–Trinajstić information content (AvgIpc) is 3.53. The number of pyridine rings is 1. The molecule has 1 spiro atoms. The lowest BCUT2D eigenvalue weighted by molar-refractivity contribution is -0.144. The molecule has 3 aliphatic carbocycles. The van der Waals surface area contributed by atoms with Crippen LogP contribution >= 0.6 is 0 Å². The lowest BCUT2D eigenvalue weighted by Crippen LogP contribution is -2.70. The highest BCUT2D eigenvalue weighted by Crippen LogP contribution is 2.47. The molecule has 1 aromatic carbocycles. The van der Waals surface area contributed by atoms with Gasteiger partial charge in [0.15, 0.2) is 0 Å². The van der Waals surface area contributed by atoms with Crippen LogP contribution in [0.3, 0.4) is 0 Å². The van der Waals surface area contributed by atoms with Crippen molar-refractivity contribution >= 4 is 44.7 Å². The Morgan fingerprint density at radius 2 is 1.80 bits per heavy atom. The second kappa shape index (κ2) is 14.6. The third-order valence-electron chi connectivity index (χ3n) is 13.3. The Kier molecular flexibility index (Phi) is 10.1. The molecule has 15 heteroatoms. The predicted octanol–water partition coefficient (Wildman–Crippen LogP) is 5.17. The molecule has 8 rings (SSSR count). The number of sulfonamides is 1. The van der Waals surface area contributed by atoms with Gasteiger partial charge in [-0.1, -0.05) is 25.0 Å². The van der Waals surface area contributed by atoms with E-state index in [0.29, 0.717) is 68.3 Å². The highest BCUT2D eigenvalue weighted by Gasteiger charge is 2.59. The molecule has 3 aliphatic heterocycles. The number of halogens is 1. The van der Waals surface area contributed by atoms with E-state index >= 15 is 0 Å². The fourth-order valence-corrected chi connectivity index (χ4v) is 10.7. The van der Waals surface area contributed by atoms with Crippen LogP contribution in [0.5, 0.6) is 5.75 Å². The van der Waals surface area contributed by atoms with Crippen LogP contribution in [-0.4, -0.2) is 82.7 Å². The number of hydrogen-bond acceptors (Lipinski definition) is 9. The summed E-state index contributed by atoms with van der Waals surface area (Å²) in [4.78, 5) is 63.1. The number of rotatable bonds is 5. The quantitative estimate of drug-likeness (QED) is 0.346. The number of allylic oxidation sites excluding steroid dienone is 1. The monoisotopic (exact) mass is 793 g/mol. The van der Waals surface area contributed by atoms with E-state index in [4.69, 9.17) is 9.47 Å². The first-order chi connectivity index (χ1) is 26.7. The van der Waals surface area contributed by atoms with E-state index in [1.165, 1.54) is 17.0 Å². The molecule has 0 radical (unpaired) electrons. The summed E-state index contributed by atoms with van der Waals surface area (Å²) < 4.78 is 54.6. The van der Waals surface area contributed by atoms with Crippen molar-refractivity contribution in [2.24, 2.45) is 5.92 Å². The van der Waals surface area contributed by atoms with E-state index in [1.807, 2.05) is 12.2 Å². The van der Waals surface area contributed by atoms with Crippen molar-refractivity contribution in [3.63, 3.8) is 0 Å². The van der Waals surface area contributed by atoms with E-state index in [1.54, 1.807) is 19.9 Å². The number of aromatic nitrogens is 1. The van der Waals surface area contributed by atoms with E-state index < -0.39 is 73.5 Å². The zero-order chi connectivity index (χ0) is 39.5. The van der Waals surface area contributed by atoms with Crippen molar-refractivity contribution in [1.82, 2.24) is 25.2 Å². The smallest absolute Gasteiger partial charge is 0.408 e. The maximum atomic E-state index is 14.8. The summed E-state index contributed by atoms with van der Waals surface area (Å²) in [5.74, 6) is -2.16. The molecule has 302 valence electrons. The number of alkyl carbamates (subject to hydrolysis) is 1. The number of aryl methyl sites for hydroxylation is 2. The van der Waals surface area contributed by atoms with Gasteiger partial charge in [-0.25, -0.2) is 22.6 Å². The van der Waals surface area contributed by atoms with Crippen molar-refractivity contribution in [1.29, 1.82) is 0 Å². The minimum atomic E-state index is -4.01. The van der Waals surface area contributed by atoms with Gasteiger partial charge in [-0.15, -0.1) is 0 Å². The van der Waals surface area contributed by atoms with Crippen LogP contribution in [0.1, 0.15) is 114 Å². The highest BCUT2D eigenvalue weighted by molar-refractivity contribution is 7.91. The number of amides is 4. The van der Waals surface area contributed by atoms with E-state index in [-0.39, 0.29) is 25.5 Å². The first-order valence-corrected chi connectivity index (χ1v) is 21.8. The largest absolute Gasteiger partial charge is 0.483 e. The maximum absolute atomic E-state index is 14.8. The summed E-state index contributed by atoms with van der Waals surface area (Å²) in [7, 11) is -4.01. The Labute approximate surface area is 326 Å². The zero-order valence-corrected chi connectivity index (χ0v) is 33.0. The molecule has 3 saturated carbocycles. The van der Waals surface area contributed by atoms with Crippen LogP contribution in [0.2, 0.25) is 0 Å². The SMILES string of the molecule is Cc1nc2cc(F)ccc2c2c1OC1(CC2)CC2C(=O)NC3(C(=O)NS(=O)(=O)C4(C)CC4)CCC3C=CCCCCCC(NC(=O)OC3CCCC3)C(=O)N2C1. The van der Waals surface area contributed by atoms with Crippen molar-refractivity contribution < 1.29 is 41.5 Å². The number of nitrogens with one attached hydrogen (secondary N) is 3. The Balaban J connectivity index is 1.13. The molecule has 3 N–H and O–H groups in total. The fraction of sp³-hybridized carbons (Fsp3) is 0.634. The number of hydrogen-bond donors (Lipinski definition) is 3. The summed E-state index contributed by atoms with van der Waals surface area (Å²) in [6.07, 6.45) is 12.4. The number of carbonyl (C=O) groups excluding carboxylic acids is 4. The zero-order valence-electron chi connectivity index (χ0n) is 32.2. The highest BCUT2D eigenvalue weighted by atomic mass is 32.2. The predicted molar refractivity (Wildman–Crippen MR) is 204 cm³/mol. The Morgan fingerprint density at radius 1 is 1.04 bits per heavy atom. The van der Waals surface area contributed by atoms with Gasteiger partial charge >= 0.3 is 6.09 Å². The van der Waals surface area contributed by atoms with Crippen LogP contribution < -0.4 is 20.1 Å². The average molecular weight is 794 g/mol. The van der Waals surface area contributed by atoms with Gasteiger partial charge in [0.05, 0.1) is 22.5 Å². The third-order valence-corrected chi connectivity index (χ3v) is 15.4. The first kappa shape index (κ1) is 38.6. The van der Waals surface area contributed by atoms with Gasteiger partial charge in [0.1, 0.15) is 40.9 Å². The molecule has 4 fully saturated rings. The number of ether oxygens (including phenoxy) is 2. The molecule has 1 saturated heterocycles. The van der Waals surface area contributed by atoms with Crippen molar-refractivity contribution in [3.8, 4) is 5.75 Å². The molecule has 2 aromatic rings. The molecule has 13 nitrogen and oxygen atoms in total. The second-order valence-corrected chi connectivity index (χ2v) is 19.4. The Morgan fingerprint density at radius 3 is 2.54 bits per heavy atom. The normalized spacial score (nSPS) is 30.5. The Hall–Kier alpha value is -4.27. The summed E-state index contributed by atoms with van der Waals surface area (Å²) in [5, 5.41) is 6.60. The number of benzene rings is 1. The summed E-state index contributed by atoms with van der Waals surface area (Å²) in [6, 6.07) is 2.37. The van der Waals surface area contributed by atoms with Crippen LogP contribution in [0, 0.1) is 18.7 Å². The van der Waals surface area contributed by atoms with E-state index in [0.717, 1.165) is 49.5 Å². The topological polar surface area (TPSA) is 173 Å². The molecular weight excluding hydrogens is 742 g/mol. The van der Waals surface area contributed by atoms with E-state index in [9.17, 15) is 32.0 Å². The van der Waals surface area contributed by atoms with Crippen LogP contribution in [0.4, 0.5) is 9.18 Å². The van der Waals surface area contributed by atoms with Gasteiger partial charge in [0.2, 0.25) is 21.8 Å². The minimum absolute atomic E-state index is 0.0232. The van der Waals surface area contributed by atoms with Crippen LogP contribution in [0.25, 0.3) is 10.9 Å². The molecule has 5 atom stereocenters. The lowest BCUT2D eigenvalue weighted by Gasteiger charge is -2.48. The number of fused-ring (bicyclic) bond motifs is 5. The standard InChI is InChI=1S/C41H52FN5O8S/c1-25-34-30(29-15-14-27(42)22-32(29)43-25)17-18-40(55-34)23-33-35(48)45-41(37(50)46-56(52,53)39(2)20-21-39)19-16-26(41)10-6-4-3-5-7-13-31(36(49)47(33)24-40)44-38(51)54-28-11-8-9-12-28/h6,10,14-15,22,26,28,31,33H,3-5,7-9,11-13,16-21,23-24H2,1-2H3,(H,44,51)(H,45,48)(H,46,50). The lowest BCUT2D eigenvalue weighted by atomic mass is 9.65. The van der Waals surface area contributed by atoms with Crippen molar-refractivity contribution in [2.75, 3.05) is 6.54 Å². The van der Waals surface area contributed by atoms with Gasteiger partial charge in [-0.05, 0) is 109 Å². The first-order valence-electron chi connectivity index (χ1n) is 20.3. The van der Waals surface area contributed by atoms with Crippen molar-refractivity contribution in [3.05, 3.63) is 47.4 Å². The molecule has 4 heterocycles. The maximum Gasteiger partial charge on any atom is 0.408 e. The van der Waals surface area contributed by atoms with E-state index in [2.05, 4.69) is 20.3 Å². The summed E-state index contributed by atoms with van der Waals surface area (Å²) in [5.41, 5.74) is -0.634. The number of nitrogens with zero attached hydrogens (tertiary/aromatic N) is 2. The van der Waals surface area contributed by atoms with Crippen molar-refractivity contribution in [2.45, 2.75) is 151 Å². The minimum Gasteiger partial charge on any atom is -0.483 e. The molecule has 56 heavy (non-hydrogen) atoms. The molecule has 6 aliphatic rings. The summed E-state index contributed by atoms with van der Waals surface area (Å²) >= 11 is 0. The summed E-state index contributed by atoms with van der Waals surface area (Å²) in [6.45, 7) is 3.41. The molecule has 1 aromatic heterocycles. The van der Waals surface area contributed by atoms with Gasteiger partial charge in [0.25, 0.3) is 5.91 Å². The van der Waals surface area contributed by atoms with Crippen LogP contribution in [0.15, 0.2) is 30.4 Å². The van der Waals surface area contributed by atoms with Gasteiger partial charge < -0.3 is 25.0 Å². The molecule has 5 unspecified atom stereocenters. The second-order valence-electron chi connectivity index (χ2n) is 17.2. The Bertz CT molecular complexity index is 2080. The number of carbonyl (C=O) groups is 4. The van der Waals surface area contributed by atoms with Gasteiger partial charge in [-0.2, -0.15) is 0 Å².